The van der Waals surface area contributed by atoms with E-state index < -0.39 is 6.03 Å². The highest BCUT2D eigenvalue weighted by Gasteiger charge is 2.48. The topological polar surface area (TPSA) is 108 Å². The summed E-state index contributed by atoms with van der Waals surface area (Å²) in [5.74, 6) is -0.109. The number of rotatable bonds is 9. The molecule has 38 heavy (non-hydrogen) atoms. The van der Waals surface area contributed by atoms with E-state index in [9.17, 15) is 19.2 Å². The maximum Gasteiger partial charge on any atom is 0.332 e. The molecule has 2 atom stereocenters. The minimum Gasteiger partial charge on any atom is -0.497 e. The number of ether oxygens (including phenoxy) is 1. The maximum absolute atomic E-state index is 13.6. The third-order valence-corrected chi connectivity index (χ3v) is 7.57. The fraction of sp³-hybridized carbons (Fsp3) is 0.448. The summed E-state index contributed by atoms with van der Waals surface area (Å²) in [4.78, 5) is 54.9. The molecule has 1 saturated heterocycles. The highest BCUT2D eigenvalue weighted by Crippen LogP contribution is 2.36. The summed E-state index contributed by atoms with van der Waals surface area (Å²) in [5, 5.41) is 5.86. The second kappa shape index (κ2) is 11.2. The van der Waals surface area contributed by atoms with Crippen LogP contribution < -0.4 is 20.3 Å². The molecule has 2 unspecified atom stereocenters. The van der Waals surface area contributed by atoms with Gasteiger partial charge >= 0.3 is 6.03 Å². The Morgan fingerprint density at radius 2 is 1.58 bits per heavy atom. The summed E-state index contributed by atoms with van der Waals surface area (Å²) < 4.78 is 5.17. The number of nitrogens with zero attached hydrogens (tertiary/aromatic N) is 2. The molecule has 5 rings (SSSR count). The molecule has 0 aromatic heterocycles. The molecule has 2 aliphatic carbocycles. The van der Waals surface area contributed by atoms with Crippen molar-refractivity contribution in [2.75, 3.05) is 18.6 Å². The van der Waals surface area contributed by atoms with Crippen molar-refractivity contribution in [1.29, 1.82) is 0 Å². The van der Waals surface area contributed by atoms with Gasteiger partial charge in [-0.1, -0.05) is 37.1 Å². The molecule has 3 aliphatic rings. The van der Waals surface area contributed by atoms with Gasteiger partial charge in [-0.15, -0.1) is 0 Å². The third kappa shape index (κ3) is 5.82. The van der Waals surface area contributed by atoms with Crippen LogP contribution in [0.3, 0.4) is 0 Å². The van der Waals surface area contributed by atoms with Gasteiger partial charge in [-0.2, -0.15) is 0 Å². The minimum atomic E-state index is -0.475. The molecule has 2 aromatic carbocycles. The lowest BCUT2D eigenvalue weighted by atomic mass is 9.81. The lowest BCUT2D eigenvalue weighted by molar-refractivity contribution is -0.130. The van der Waals surface area contributed by atoms with Crippen LogP contribution in [0.15, 0.2) is 48.5 Å². The summed E-state index contributed by atoms with van der Waals surface area (Å²) in [6, 6.07) is 13.9. The summed E-state index contributed by atoms with van der Waals surface area (Å²) in [7, 11) is 1.60. The quantitative estimate of drug-likeness (QED) is 0.530. The van der Waals surface area contributed by atoms with Crippen molar-refractivity contribution in [1.82, 2.24) is 15.5 Å². The van der Waals surface area contributed by atoms with Gasteiger partial charge in [0.2, 0.25) is 17.7 Å². The molecule has 1 heterocycles. The number of nitrogens with one attached hydrogen (secondary N) is 2. The Morgan fingerprint density at radius 1 is 0.895 bits per heavy atom. The standard InChI is InChI=1S/C29H34N4O5/c1-38-23-14-8-20(9-15-23)17-30-27(35)18-32-25-5-3-2-4-24(25)28(36)33(29(32)37)22-12-6-19(7-13-22)16-26(34)31-21-10-11-21/h6-9,12-15,21,24-25H,2-5,10-11,16-18H2,1H3,(H,30,35)(H,31,34). The van der Waals surface area contributed by atoms with Crippen molar-refractivity contribution in [3.8, 4) is 5.75 Å². The van der Waals surface area contributed by atoms with Gasteiger partial charge in [0.25, 0.3) is 0 Å². The molecule has 2 N–H and O–H groups in total. The van der Waals surface area contributed by atoms with Gasteiger partial charge in [0, 0.05) is 18.6 Å². The van der Waals surface area contributed by atoms with Crippen LogP contribution in [0.25, 0.3) is 0 Å². The van der Waals surface area contributed by atoms with Crippen molar-refractivity contribution < 1.29 is 23.9 Å². The first-order chi connectivity index (χ1) is 18.4. The Labute approximate surface area is 222 Å². The van der Waals surface area contributed by atoms with Crippen molar-refractivity contribution in [3.63, 3.8) is 0 Å². The molecule has 2 aromatic rings. The largest absolute Gasteiger partial charge is 0.497 e. The molecule has 0 spiro atoms. The average molecular weight is 519 g/mol. The zero-order chi connectivity index (χ0) is 26.6. The Morgan fingerprint density at radius 3 is 2.26 bits per heavy atom. The number of urea groups is 1. The Balaban J connectivity index is 1.27. The maximum atomic E-state index is 13.6. The molecular weight excluding hydrogens is 484 g/mol. The van der Waals surface area contributed by atoms with E-state index in [0.717, 1.165) is 42.6 Å². The van der Waals surface area contributed by atoms with E-state index in [2.05, 4.69) is 10.6 Å². The average Bonchev–Trinajstić information content (AvgIpc) is 3.75. The van der Waals surface area contributed by atoms with Crippen LogP contribution in [0, 0.1) is 5.92 Å². The molecule has 0 bridgehead atoms. The molecule has 0 radical (unpaired) electrons. The van der Waals surface area contributed by atoms with E-state index in [4.69, 9.17) is 4.74 Å². The number of methoxy groups -OCH3 is 1. The van der Waals surface area contributed by atoms with Crippen molar-refractivity contribution >= 4 is 29.4 Å². The zero-order valence-corrected chi connectivity index (χ0v) is 21.7. The molecular formula is C29H34N4O5. The lowest BCUT2D eigenvalue weighted by Gasteiger charge is -2.46. The highest BCUT2D eigenvalue weighted by molar-refractivity contribution is 6.17. The van der Waals surface area contributed by atoms with Crippen LogP contribution in [0.4, 0.5) is 10.5 Å². The van der Waals surface area contributed by atoms with Gasteiger partial charge in [0.05, 0.1) is 25.1 Å². The second-order valence-corrected chi connectivity index (χ2v) is 10.4. The van der Waals surface area contributed by atoms with Gasteiger partial charge in [-0.3, -0.25) is 14.4 Å². The molecule has 3 fully saturated rings. The Hall–Kier alpha value is -3.88. The Bertz CT molecular complexity index is 1190. The van der Waals surface area contributed by atoms with Crippen LogP contribution in [-0.2, 0) is 27.3 Å². The van der Waals surface area contributed by atoms with Gasteiger partial charge in [0.15, 0.2) is 0 Å². The van der Waals surface area contributed by atoms with Gasteiger partial charge < -0.3 is 20.3 Å². The minimum absolute atomic E-state index is 0.0257. The number of hydrogen-bond acceptors (Lipinski definition) is 5. The van der Waals surface area contributed by atoms with E-state index in [-0.39, 0.29) is 42.6 Å². The Kier molecular flexibility index (Phi) is 7.62. The van der Waals surface area contributed by atoms with Gasteiger partial charge in [-0.25, -0.2) is 9.69 Å². The van der Waals surface area contributed by atoms with E-state index in [1.165, 1.54) is 4.90 Å². The predicted molar refractivity (Wildman–Crippen MR) is 141 cm³/mol. The van der Waals surface area contributed by atoms with Crippen molar-refractivity contribution in [3.05, 3.63) is 59.7 Å². The number of hydrogen-bond donors (Lipinski definition) is 2. The monoisotopic (exact) mass is 518 g/mol. The number of anilines is 1. The van der Waals surface area contributed by atoms with Crippen LogP contribution in [0.5, 0.6) is 5.75 Å². The second-order valence-electron chi connectivity index (χ2n) is 10.4. The summed E-state index contributed by atoms with van der Waals surface area (Å²) >= 11 is 0. The van der Waals surface area contributed by atoms with Crippen molar-refractivity contribution in [2.45, 2.75) is 63.6 Å². The van der Waals surface area contributed by atoms with Crippen molar-refractivity contribution in [2.24, 2.45) is 5.92 Å². The van der Waals surface area contributed by atoms with Crippen LogP contribution in [0.2, 0.25) is 0 Å². The number of imide groups is 1. The third-order valence-electron chi connectivity index (χ3n) is 7.57. The smallest absolute Gasteiger partial charge is 0.332 e. The summed E-state index contributed by atoms with van der Waals surface area (Å²) in [5.41, 5.74) is 2.19. The van der Waals surface area contributed by atoms with E-state index in [1.54, 1.807) is 36.3 Å². The highest BCUT2D eigenvalue weighted by atomic mass is 16.5. The first kappa shape index (κ1) is 25.8. The van der Waals surface area contributed by atoms with Crippen LogP contribution >= 0.6 is 0 Å². The fourth-order valence-corrected chi connectivity index (χ4v) is 5.33. The molecule has 9 heteroatoms. The number of fused-ring (bicyclic) bond motifs is 1. The molecule has 5 amide bonds. The van der Waals surface area contributed by atoms with Crippen LogP contribution in [0.1, 0.15) is 49.7 Å². The summed E-state index contributed by atoms with van der Waals surface area (Å²) in [6.07, 6.45) is 5.55. The van der Waals surface area contributed by atoms with Crippen LogP contribution in [-0.4, -0.2) is 54.4 Å². The first-order valence-electron chi connectivity index (χ1n) is 13.4. The first-order valence-corrected chi connectivity index (χ1v) is 13.4. The number of benzene rings is 2. The fourth-order valence-electron chi connectivity index (χ4n) is 5.33. The lowest BCUT2D eigenvalue weighted by Crippen LogP contribution is -2.64. The summed E-state index contributed by atoms with van der Waals surface area (Å²) in [6.45, 7) is 0.219. The molecule has 9 nitrogen and oxygen atoms in total. The number of amides is 5. The van der Waals surface area contributed by atoms with E-state index >= 15 is 0 Å². The number of carbonyl (C=O) groups excluding carboxylic acids is 4. The molecule has 2 saturated carbocycles. The van der Waals surface area contributed by atoms with Gasteiger partial charge in [0.1, 0.15) is 12.3 Å². The molecule has 1 aliphatic heterocycles. The SMILES string of the molecule is COc1ccc(CNC(=O)CN2C(=O)N(c3ccc(CC(=O)NC4CC4)cc3)C(=O)C3CCCCC32)cc1. The normalized spacial score (nSPS) is 21.1. The number of carbonyl (C=O) groups is 4. The van der Waals surface area contributed by atoms with E-state index in [1.807, 2.05) is 24.3 Å². The van der Waals surface area contributed by atoms with E-state index in [0.29, 0.717) is 31.1 Å². The van der Waals surface area contributed by atoms with Gasteiger partial charge in [-0.05, 0) is 61.1 Å². The molecule has 200 valence electrons. The predicted octanol–water partition coefficient (Wildman–Crippen LogP) is 3.16. The zero-order valence-electron chi connectivity index (χ0n) is 21.7.